The van der Waals surface area contributed by atoms with Crippen LogP contribution in [0.1, 0.15) is 19.3 Å². The molecule has 0 saturated carbocycles. The summed E-state index contributed by atoms with van der Waals surface area (Å²) >= 11 is 0. The Hall–Kier alpha value is -1.58. The van der Waals surface area contributed by atoms with Crippen LogP contribution >= 0.6 is 0 Å². The Morgan fingerprint density at radius 2 is 2.47 bits per heavy atom. The first kappa shape index (κ1) is 9.96. The maximum atomic E-state index is 11.3. The zero-order valence-corrected chi connectivity index (χ0v) is 8.52. The SMILES string of the molecule is NC(=O)C1CCCCN1c1[c]cncc1. The van der Waals surface area contributed by atoms with E-state index in [-0.39, 0.29) is 11.9 Å². The predicted molar refractivity (Wildman–Crippen MR) is 57.3 cm³/mol. The second kappa shape index (κ2) is 4.29. The summed E-state index contributed by atoms with van der Waals surface area (Å²) in [6.45, 7) is 0.869. The van der Waals surface area contributed by atoms with Gasteiger partial charge < -0.3 is 10.6 Å². The number of nitrogens with two attached hydrogens (primary N) is 1. The van der Waals surface area contributed by atoms with Crippen LogP contribution < -0.4 is 10.6 Å². The average molecular weight is 204 g/mol. The second-order valence-electron chi connectivity index (χ2n) is 3.73. The number of anilines is 1. The minimum Gasteiger partial charge on any atom is -0.368 e. The van der Waals surface area contributed by atoms with Crippen LogP contribution in [-0.2, 0) is 4.79 Å². The van der Waals surface area contributed by atoms with Crippen molar-refractivity contribution in [1.29, 1.82) is 0 Å². The third kappa shape index (κ3) is 2.09. The van der Waals surface area contributed by atoms with E-state index in [1.807, 2.05) is 11.0 Å². The lowest BCUT2D eigenvalue weighted by atomic mass is 10.0. The van der Waals surface area contributed by atoms with E-state index in [1.165, 1.54) is 0 Å². The molecular weight excluding hydrogens is 190 g/mol. The molecule has 1 unspecified atom stereocenters. The predicted octanol–water partition coefficient (Wildman–Crippen LogP) is 0.726. The Bertz CT molecular complexity index is 339. The number of hydrogen-bond donors (Lipinski definition) is 1. The van der Waals surface area contributed by atoms with E-state index in [1.54, 1.807) is 12.4 Å². The fraction of sp³-hybridized carbons (Fsp3) is 0.455. The Morgan fingerprint density at radius 3 is 3.13 bits per heavy atom. The molecule has 1 aliphatic rings. The van der Waals surface area contributed by atoms with Gasteiger partial charge in [-0.1, -0.05) is 0 Å². The molecule has 15 heavy (non-hydrogen) atoms. The number of carbonyl (C=O) groups excluding carboxylic acids is 1. The molecule has 0 bridgehead atoms. The number of amides is 1. The number of nitrogens with zero attached hydrogens (tertiary/aromatic N) is 2. The summed E-state index contributed by atoms with van der Waals surface area (Å²) in [5, 5.41) is 0. The number of carbonyl (C=O) groups is 1. The summed E-state index contributed by atoms with van der Waals surface area (Å²) in [6.07, 6.45) is 6.32. The maximum Gasteiger partial charge on any atom is 0.240 e. The van der Waals surface area contributed by atoms with E-state index in [0.29, 0.717) is 0 Å². The molecule has 2 N–H and O–H groups in total. The topological polar surface area (TPSA) is 59.2 Å². The van der Waals surface area contributed by atoms with E-state index in [0.717, 1.165) is 31.5 Å². The smallest absolute Gasteiger partial charge is 0.240 e. The van der Waals surface area contributed by atoms with Crippen molar-refractivity contribution in [2.75, 3.05) is 11.4 Å². The van der Waals surface area contributed by atoms with Crippen LogP contribution in [0.3, 0.4) is 0 Å². The fourth-order valence-electron chi connectivity index (χ4n) is 2.00. The monoisotopic (exact) mass is 204 g/mol. The van der Waals surface area contributed by atoms with Crippen molar-refractivity contribution in [1.82, 2.24) is 4.98 Å². The normalized spacial score (nSPS) is 21.3. The van der Waals surface area contributed by atoms with Gasteiger partial charge in [0, 0.05) is 30.7 Å². The highest BCUT2D eigenvalue weighted by Gasteiger charge is 2.26. The fourth-order valence-corrected chi connectivity index (χ4v) is 2.00. The summed E-state index contributed by atoms with van der Waals surface area (Å²) in [5.74, 6) is -0.250. The molecular formula is C11H14N3O. The highest BCUT2D eigenvalue weighted by molar-refractivity contribution is 5.83. The number of aromatic nitrogens is 1. The molecule has 1 atom stereocenters. The van der Waals surface area contributed by atoms with E-state index in [4.69, 9.17) is 5.73 Å². The summed E-state index contributed by atoms with van der Waals surface area (Å²) < 4.78 is 0. The molecule has 79 valence electrons. The van der Waals surface area contributed by atoms with Gasteiger partial charge in [0.2, 0.25) is 5.91 Å². The highest BCUT2D eigenvalue weighted by Crippen LogP contribution is 2.23. The Balaban J connectivity index is 2.22. The van der Waals surface area contributed by atoms with Gasteiger partial charge in [-0.15, -0.1) is 0 Å². The summed E-state index contributed by atoms with van der Waals surface area (Å²) in [5.41, 5.74) is 6.30. The minimum absolute atomic E-state index is 0.183. The van der Waals surface area contributed by atoms with Crippen molar-refractivity contribution in [2.45, 2.75) is 25.3 Å². The van der Waals surface area contributed by atoms with Gasteiger partial charge in [0.1, 0.15) is 6.04 Å². The molecule has 4 nitrogen and oxygen atoms in total. The molecule has 1 aromatic rings. The lowest BCUT2D eigenvalue weighted by Crippen LogP contribution is -2.47. The summed E-state index contributed by atoms with van der Waals surface area (Å²) in [4.78, 5) is 17.2. The quantitative estimate of drug-likeness (QED) is 0.772. The molecule has 1 aliphatic heterocycles. The largest absolute Gasteiger partial charge is 0.368 e. The Kier molecular flexibility index (Phi) is 2.85. The van der Waals surface area contributed by atoms with Crippen molar-refractivity contribution < 1.29 is 4.79 Å². The second-order valence-corrected chi connectivity index (χ2v) is 3.73. The molecule has 1 amide bonds. The highest BCUT2D eigenvalue weighted by atomic mass is 16.1. The van der Waals surface area contributed by atoms with Gasteiger partial charge >= 0.3 is 0 Å². The van der Waals surface area contributed by atoms with E-state index >= 15 is 0 Å². The van der Waals surface area contributed by atoms with Gasteiger partial charge in [0.25, 0.3) is 0 Å². The van der Waals surface area contributed by atoms with Gasteiger partial charge in [-0.3, -0.25) is 9.78 Å². The zero-order valence-electron chi connectivity index (χ0n) is 8.52. The number of piperidine rings is 1. The molecule has 0 spiro atoms. The first-order valence-electron chi connectivity index (χ1n) is 5.16. The van der Waals surface area contributed by atoms with E-state index in [2.05, 4.69) is 11.1 Å². The van der Waals surface area contributed by atoms with Crippen molar-refractivity contribution in [2.24, 2.45) is 5.73 Å². The van der Waals surface area contributed by atoms with Crippen molar-refractivity contribution >= 4 is 11.6 Å². The molecule has 2 rings (SSSR count). The van der Waals surface area contributed by atoms with Crippen molar-refractivity contribution in [3.63, 3.8) is 0 Å². The lowest BCUT2D eigenvalue weighted by molar-refractivity contribution is -0.119. The van der Waals surface area contributed by atoms with Crippen molar-refractivity contribution in [3.8, 4) is 0 Å². The molecule has 2 heterocycles. The van der Waals surface area contributed by atoms with Gasteiger partial charge in [0.05, 0.1) is 0 Å². The minimum atomic E-state index is -0.250. The summed E-state index contributed by atoms with van der Waals surface area (Å²) in [7, 11) is 0. The maximum absolute atomic E-state index is 11.3. The van der Waals surface area contributed by atoms with Crippen LogP contribution in [0.2, 0.25) is 0 Å². The van der Waals surface area contributed by atoms with Gasteiger partial charge in [0.15, 0.2) is 0 Å². The number of pyridine rings is 1. The van der Waals surface area contributed by atoms with Gasteiger partial charge in [-0.2, -0.15) is 0 Å². The first-order valence-corrected chi connectivity index (χ1v) is 5.16. The standard InChI is InChI=1S/C11H14N3O/c12-11(15)10-3-1-2-8-14(10)9-4-6-13-7-5-9/h4,6-7,10H,1-3,8H2,(H2,12,15). The number of primary amides is 1. The van der Waals surface area contributed by atoms with Crippen molar-refractivity contribution in [3.05, 3.63) is 24.5 Å². The van der Waals surface area contributed by atoms with Crippen LogP contribution in [0.15, 0.2) is 18.5 Å². The van der Waals surface area contributed by atoms with Crippen LogP contribution in [0.5, 0.6) is 0 Å². The molecule has 1 fully saturated rings. The third-order valence-electron chi connectivity index (χ3n) is 2.75. The van der Waals surface area contributed by atoms with Gasteiger partial charge in [-0.05, 0) is 25.3 Å². The van der Waals surface area contributed by atoms with Crippen LogP contribution in [0.4, 0.5) is 5.69 Å². The number of hydrogen-bond acceptors (Lipinski definition) is 3. The summed E-state index contributed by atoms with van der Waals surface area (Å²) in [6, 6.07) is 4.71. The molecule has 4 heteroatoms. The average Bonchev–Trinajstić information content (AvgIpc) is 2.30. The molecule has 1 saturated heterocycles. The first-order chi connectivity index (χ1) is 7.29. The molecule has 0 aliphatic carbocycles. The molecule has 1 radical (unpaired) electrons. The van der Waals surface area contributed by atoms with Gasteiger partial charge in [-0.25, -0.2) is 0 Å². The van der Waals surface area contributed by atoms with Crippen LogP contribution in [-0.4, -0.2) is 23.5 Å². The van der Waals surface area contributed by atoms with E-state index < -0.39 is 0 Å². The number of rotatable bonds is 2. The Morgan fingerprint density at radius 1 is 1.60 bits per heavy atom. The van der Waals surface area contributed by atoms with Crippen LogP contribution in [0, 0.1) is 6.07 Å². The Labute approximate surface area is 89.1 Å². The molecule has 1 aromatic heterocycles. The van der Waals surface area contributed by atoms with Crippen LogP contribution in [0.25, 0.3) is 0 Å². The third-order valence-corrected chi connectivity index (χ3v) is 2.75. The lowest BCUT2D eigenvalue weighted by Gasteiger charge is -2.35. The zero-order chi connectivity index (χ0) is 10.7. The van der Waals surface area contributed by atoms with E-state index in [9.17, 15) is 4.79 Å². The molecule has 0 aromatic carbocycles.